The molecule has 25 heavy (non-hydrogen) atoms. The quantitative estimate of drug-likeness (QED) is 0.547. The van der Waals surface area contributed by atoms with Crippen LogP contribution in [0.25, 0.3) is 6.08 Å². The molecule has 0 radical (unpaired) electrons. The lowest BCUT2D eigenvalue weighted by atomic mass is 10.1. The van der Waals surface area contributed by atoms with Crippen molar-refractivity contribution in [2.24, 2.45) is 0 Å². The molecule has 1 aromatic rings. The highest BCUT2D eigenvalue weighted by atomic mass is 32.2. The van der Waals surface area contributed by atoms with Crippen LogP contribution in [0.4, 0.5) is 0 Å². The molecule has 1 saturated heterocycles. The Bertz CT molecular complexity index is 717. The van der Waals surface area contributed by atoms with E-state index in [2.05, 4.69) is 0 Å². The van der Waals surface area contributed by atoms with E-state index in [-0.39, 0.29) is 4.32 Å². The molecule has 1 N–H and O–H groups in total. The molecular formula is C17H19NO5S2. The van der Waals surface area contributed by atoms with Gasteiger partial charge in [0.05, 0.1) is 18.1 Å². The number of ether oxygens (including phenoxy) is 2. The van der Waals surface area contributed by atoms with E-state index in [1.54, 1.807) is 6.08 Å². The Morgan fingerprint density at radius 2 is 2.12 bits per heavy atom. The molecule has 1 aliphatic heterocycles. The summed E-state index contributed by atoms with van der Waals surface area (Å²) in [5.74, 6) is -0.357. The van der Waals surface area contributed by atoms with Crippen LogP contribution in [0, 0.1) is 0 Å². The minimum absolute atomic E-state index is 0.232. The van der Waals surface area contributed by atoms with Gasteiger partial charge in [-0.15, -0.1) is 0 Å². The molecule has 0 spiro atoms. The number of amides is 1. The largest absolute Gasteiger partial charge is 0.490 e. The average molecular weight is 381 g/mol. The maximum atomic E-state index is 12.4. The molecule has 8 heteroatoms. The number of carboxylic acids is 1. The predicted molar refractivity (Wildman–Crippen MR) is 101 cm³/mol. The van der Waals surface area contributed by atoms with E-state index < -0.39 is 18.4 Å². The third-order valence-corrected chi connectivity index (χ3v) is 4.59. The number of nitrogens with zero attached hydrogens (tertiary/aromatic N) is 1. The molecule has 6 nitrogen and oxygen atoms in total. The summed E-state index contributed by atoms with van der Waals surface area (Å²) in [5, 5.41) is 8.90. The fourth-order valence-corrected chi connectivity index (χ4v) is 3.43. The van der Waals surface area contributed by atoms with Gasteiger partial charge in [0.25, 0.3) is 5.91 Å². The van der Waals surface area contributed by atoms with E-state index in [0.29, 0.717) is 35.2 Å². The van der Waals surface area contributed by atoms with Crippen molar-refractivity contribution in [3.63, 3.8) is 0 Å². The van der Waals surface area contributed by atoms with Crippen molar-refractivity contribution < 1.29 is 24.2 Å². The van der Waals surface area contributed by atoms with E-state index in [9.17, 15) is 9.59 Å². The fourth-order valence-electron chi connectivity index (χ4n) is 2.19. The Labute approximate surface area is 155 Å². The summed E-state index contributed by atoms with van der Waals surface area (Å²) in [6.07, 6.45) is 2.50. The van der Waals surface area contributed by atoms with Gasteiger partial charge in [0.2, 0.25) is 0 Å². The van der Waals surface area contributed by atoms with E-state index in [1.165, 1.54) is 0 Å². The first kappa shape index (κ1) is 19.3. The number of hydrogen-bond acceptors (Lipinski definition) is 6. The van der Waals surface area contributed by atoms with Gasteiger partial charge in [-0.25, -0.2) is 0 Å². The zero-order chi connectivity index (χ0) is 18.4. The lowest BCUT2D eigenvalue weighted by Gasteiger charge is -2.14. The van der Waals surface area contributed by atoms with Gasteiger partial charge in [0, 0.05) is 5.56 Å². The number of hydrogen-bond donors (Lipinski definition) is 1. The topological polar surface area (TPSA) is 76.1 Å². The second kappa shape index (κ2) is 8.87. The van der Waals surface area contributed by atoms with Crippen molar-refractivity contribution in [2.75, 3.05) is 19.8 Å². The van der Waals surface area contributed by atoms with Crippen LogP contribution in [0.5, 0.6) is 11.5 Å². The first-order chi connectivity index (χ1) is 12.0. The van der Waals surface area contributed by atoms with Crippen molar-refractivity contribution >= 4 is 46.3 Å². The highest BCUT2D eigenvalue weighted by Gasteiger charge is 2.33. The van der Waals surface area contributed by atoms with E-state index in [0.717, 1.165) is 23.1 Å². The maximum absolute atomic E-state index is 12.4. The van der Waals surface area contributed by atoms with Gasteiger partial charge in [0.15, 0.2) is 11.5 Å². The van der Waals surface area contributed by atoms with Crippen molar-refractivity contribution in [1.82, 2.24) is 4.90 Å². The minimum Gasteiger partial charge on any atom is -0.490 e. The van der Waals surface area contributed by atoms with Gasteiger partial charge in [-0.1, -0.05) is 43.0 Å². The van der Waals surface area contributed by atoms with Crippen LogP contribution in [-0.4, -0.2) is 46.0 Å². The minimum atomic E-state index is -1.11. The first-order valence-electron chi connectivity index (χ1n) is 7.83. The Morgan fingerprint density at radius 3 is 2.76 bits per heavy atom. The number of rotatable bonds is 8. The van der Waals surface area contributed by atoms with Crippen molar-refractivity contribution in [3.05, 3.63) is 28.7 Å². The zero-order valence-corrected chi connectivity index (χ0v) is 15.6. The Morgan fingerprint density at radius 1 is 1.36 bits per heavy atom. The SMILES string of the molecule is CCCOc1c(/C=C2\SC(=S)N(CC(=O)O)C2=O)cccc1OCC. The molecule has 1 fully saturated rings. The van der Waals surface area contributed by atoms with Crippen LogP contribution in [-0.2, 0) is 9.59 Å². The molecule has 0 saturated carbocycles. The number of para-hydroxylation sites is 1. The van der Waals surface area contributed by atoms with E-state index >= 15 is 0 Å². The monoisotopic (exact) mass is 381 g/mol. The molecule has 134 valence electrons. The van der Waals surface area contributed by atoms with Gasteiger partial charge in [-0.3, -0.25) is 14.5 Å². The summed E-state index contributed by atoms with van der Waals surface area (Å²) < 4.78 is 11.6. The van der Waals surface area contributed by atoms with Crippen LogP contribution in [0.3, 0.4) is 0 Å². The third kappa shape index (κ3) is 4.73. The van der Waals surface area contributed by atoms with Crippen LogP contribution in [0.1, 0.15) is 25.8 Å². The summed E-state index contributed by atoms with van der Waals surface area (Å²) in [7, 11) is 0. The third-order valence-electron chi connectivity index (χ3n) is 3.21. The molecule has 2 rings (SSSR count). The number of benzene rings is 1. The number of thiocarbonyl (C=S) groups is 1. The van der Waals surface area contributed by atoms with Crippen LogP contribution in [0.15, 0.2) is 23.1 Å². The molecule has 1 amide bonds. The van der Waals surface area contributed by atoms with Crippen LogP contribution in [0.2, 0.25) is 0 Å². The van der Waals surface area contributed by atoms with Crippen molar-refractivity contribution in [2.45, 2.75) is 20.3 Å². The van der Waals surface area contributed by atoms with Crippen molar-refractivity contribution in [3.8, 4) is 11.5 Å². The lowest BCUT2D eigenvalue weighted by molar-refractivity contribution is -0.140. The summed E-state index contributed by atoms with van der Waals surface area (Å²) in [6.45, 7) is 4.45. The summed E-state index contributed by atoms with van der Waals surface area (Å²) in [6, 6.07) is 5.44. The van der Waals surface area contributed by atoms with Crippen molar-refractivity contribution in [1.29, 1.82) is 0 Å². The Balaban J connectivity index is 2.36. The molecule has 0 bridgehead atoms. The van der Waals surface area contributed by atoms with Gasteiger partial charge in [-0.2, -0.15) is 0 Å². The van der Waals surface area contributed by atoms with E-state index in [1.807, 2.05) is 32.0 Å². The van der Waals surface area contributed by atoms with Crippen LogP contribution < -0.4 is 9.47 Å². The van der Waals surface area contributed by atoms with Crippen LogP contribution >= 0.6 is 24.0 Å². The van der Waals surface area contributed by atoms with Gasteiger partial charge >= 0.3 is 5.97 Å². The van der Waals surface area contributed by atoms with Gasteiger partial charge in [-0.05, 0) is 25.5 Å². The lowest BCUT2D eigenvalue weighted by Crippen LogP contribution is -2.33. The molecule has 1 aliphatic rings. The summed E-state index contributed by atoms with van der Waals surface area (Å²) in [5.41, 5.74) is 0.690. The smallest absolute Gasteiger partial charge is 0.323 e. The Kier molecular flexibility index (Phi) is 6.83. The second-order valence-electron chi connectivity index (χ2n) is 5.12. The first-order valence-corrected chi connectivity index (χ1v) is 9.06. The van der Waals surface area contributed by atoms with E-state index in [4.69, 9.17) is 26.8 Å². The van der Waals surface area contributed by atoms with Gasteiger partial charge in [0.1, 0.15) is 10.9 Å². The highest BCUT2D eigenvalue weighted by molar-refractivity contribution is 8.26. The summed E-state index contributed by atoms with van der Waals surface area (Å²) >= 11 is 6.19. The predicted octanol–water partition coefficient (Wildman–Crippen LogP) is 3.16. The molecule has 1 heterocycles. The number of carbonyl (C=O) groups is 2. The number of thioether (sulfide) groups is 1. The maximum Gasteiger partial charge on any atom is 0.323 e. The standard InChI is InChI=1S/C17H19NO5S2/c1-3-8-23-15-11(6-5-7-12(15)22-4-2)9-13-16(21)18(10-14(19)20)17(24)25-13/h5-7,9H,3-4,8,10H2,1-2H3,(H,19,20)/b13-9-. The number of aliphatic carboxylic acids is 1. The fraction of sp³-hybridized carbons (Fsp3) is 0.353. The average Bonchev–Trinajstić information content (AvgIpc) is 2.82. The molecule has 0 atom stereocenters. The number of carbonyl (C=O) groups excluding carboxylic acids is 1. The zero-order valence-electron chi connectivity index (χ0n) is 14.0. The Hall–Kier alpha value is -2.06. The molecule has 0 aliphatic carbocycles. The number of carboxylic acid groups (broad SMARTS) is 1. The van der Waals surface area contributed by atoms with Gasteiger partial charge < -0.3 is 14.6 Å². The molecule has 0 aromatic heterocycles. The highest BCUT2D eigenvalue weighted by Crippen LogP contribution is 2.37. The summed E-state index contributed by atoms with van der Waals surface area (Å²) in [4.78, 5) is 24.7. The molecular weight excluding hydrogens is 362 g/mol. The second-order valence-corrected chi connectivity index (χ2v) is 6.79. The molecule has 0 unspecified atom stereocenters. The molecule has 1 aromatic carbocycles. The normalized spacial score (nSPS) is 15.8.